The molecule has 0 saturated heterocycles. The Morgan fingerprint density at radius 2 is 1.29 bits per heavy atom. The van der Waals surface area contributed by atoms with Crippen molar-refractivity contribution in [3.8, 4) is 0 Å². The van der Waals surface area contributed by atoms with Crippen LogP contribution in [-0.4, -0.2) is 23.1 Å². The molecule has 1 rings (SSSR count). The van der Waals surface area contributed by atoms with Crippen LogP contribution in [-0.2, 0) is 14.5 Å². The standard InChI is InChI=1S/C16H22O5/c1-15(2,3)19-13(17)11-9-7-8-10-12(11)14(18)20-21-16(4,5)6/h7-10H,1-6H3. The molecule has 5 nitrogen and oxygen atoms in total. The minimum atomic E-state index is -0.730. The molecule has 0 saturated carbocycles. The average molecular weight is 294 g/mol. The second-order valence-electron chi connectivity index (χ2n) is 6.61. The van der Waals surface area contributed by atoms with E-state index in [2.05, 4.69) is 0 Å². The first-order chi connectivity index (χ1) is 9.49. The van der Waals surface area contributed by atoms with E-state index in [0.29, 0.717) is 0 Å². The lowest BCUT2D eigenvalue weighted by molar-refractivity contribution is -0.301. The lowest BCUT2D eigenvalue weighted by Gasteiger charge is -2.20. The van der Waals surface area contributed by atoms with Gasteiger partial charge in [0.25, 0.3) is 0 Å². The highest BCUT2D eigenvalue weighted by Gasteiger charge is 2.25. The van der Waals surface area contributed by atoms with Crippen molar-refractivity contribution >= 4 is 11.9 Å². The van der Waals surface area contributed by atoms with Gasteiger partial charge in [0.05, 0.1) is 11.1 Å². The molecule has 0 aliphatic heterocycles. The Hall–Kier alpha value is -1.88. The second-order valence-corrected chi connectivity index (χ2v) is 6.61. The fourth-order valence-electron chi connectivity index (χ4n) is 1.38. The van der Waals surface area contributed by atoms with Gasteiger partial charge in [0, 0.05) is 0 Å². The van der Waals surface area contributed by atoms with Gasteiger partial charge in [-0.2, -0.15) is 4.89 Å². The minimum absolute atomic E-state index is 0.107. The van der Waals surface area contributed by atoms with Gasteiger partial charge in [-0.05, 0) is 53.7 Å². The number of carbonyl (C=O) groups is 2. The van der Waals surface area contributed by atoms with Crippen molar-refractivity contribution in [2.45, 2.75) is 52.7 Å². The molecule has 0 radical (unpaired) electrons. The topological polar surface area (TPSA) is 61.8 Å². The Morgan fingerprint density at radius 1 is 0.810 bits per heavy atom. The van der Waals surface area contributed by atoms with Crippen LogP contribution in [0.4, 0.5) is 0 Å². The quantitative estimate of drug-likeness (QED) is 0.485. The van der Waals surface area contributed by atoms with Gasteiger partial charge in [-0.1, -0.05) is 12.1 Å². The van der Waals surface area contributed by atoms with Gasteiger partial charge >= 0.3 is 11.9 Å². The zero-order valence-electron chi connectivity index (χ0n) is 13.4. The van der Waals surface area contributed by atoms with Crippen molar-refractivity contribution in [2.24, 2.45) is 0 Å². The van der Waals surface area contributed by atoms with E-state index in [9.17, 15) is 9.59 Å². The van der Waals surface area contributed by atoms with Crippen LogP contribution < -0.4 is 0 Å². The molecule has 0 amide bonds. The number of esters is 1. The molecule has 0 atom stereocenters. The van der Waals surface area contributed by atoms with Crippen molar-refractivity contribution in [1.82, 2.24) is 0 Å². The fraction of sp³-hybridized carbons (Fsp3) is 0.500. The summed E-state index contributed by atoms with van der Waals surface area (Å²) in [6, 6.07) is 6.30. The monoisotopic (exact) mass is 294 g/mol. The van der Waals surface area contributed by atoms with Crippen LogP contribution in [0.1, 0.15) is 62.3 Å². The predicted octanol–water partition coefficient (Wildman–Crippen LogP) is 3.53. The number of ether oxygens (including phenoxy) is 1. The molecule has 0 spiro atoms. The molecule has 0 N–H and O–H groups in total. The van der Waals surface area contributed by atoms with Crippen molar-refractivity contribution in [2.75, 3.05) is 0 Å². The Balaban J connectivity index is 2.94. The summed E-state index contributed by atoms with van der Waals surface area (Å²) in [7, 11) is 0. The molecule has 5 heteroatoms. The van der Waals surface area contributed by atoms with Gasteiger partial charge in [0.15, 0.2) is 0 Å². The Kier molecular flexibility index (Phi) is 5.12. The number of carbonyl (C=O) groups excluding carboxylic acids is 2. The number of rotatable bonds is 3. The highest BCUT2D eigenvalue weighted by atomic mass is 17.2. The van der Waals surface area contributed by atoms with E-state index in [1.54, 1.807) is 53.7 Å². The lowest BCUT2D eigenvalue weighted by Crippen LogP contribution is -2.26. The second kappa shape index (κ2) is 6.26. The highest BCUT2D eigenvalue weighted by molar-refractivity contribution is 6.03. The summed E-state index contributed by atoms with van der Waals surface area (Å²) in [5.74, 6) is -1.31. The maximum absolute atomic E-state index is 12.1. The predicted molar refractivity (Wildman–Crippen MR) is 77.9 cm³/mol. The first-order valence-corrected chi connectivity index (χ1v) is 6.72. The van der Waals surface area contributed by atoms with E-state index in [0.717, 1.165) is 0 Å². The highest BCUT2D eigenvalue weighted by Crippen LogP contribution is 2.17. The normalized spacial score (nSPS) is 11.9. The van der Waals surface area contributed by atoms with Crippen LogP contribution in [0.2, 0.25) is 0 Å². The van der Waals surface area contributed by atoms with Gasteiger partial charge < -0.3 is 4.74 Å². The van der Waals surface area contributed by atoms with E-state index in [4.69, 9.17) is 14.5 Å². The summed E-state index contributed by atoms with van der Waals surface area (Å²) in [6.07, 6.45) is 0. The summed E-state index contributed by atoms with van der Waals surface area (Å²) in [5, 5.41) is 0. The third kappa shape index (κ3) is 5.95. The van der Waals surface area contributed by atoms with Crippen LogP contribution in [0.5, 0.6) is 0 Å². The first kappa shape index (κ1) is 17.2. The molecule has 0 bridgehead atoms. The lowest BCUT2D eigenvalue weighted by atomic mass is 10.1. The maximum atomic E-state index is 12.1. The third-order valence-electron chi connectivity index (χ3n) is 2.13. The van der Waals surface area contributed by atoms with Gasteiger partial charge in [-0.3, -0.25) is 4.89 Å². The molecule has 0 aliphatic carbocycles. The van der Waals surface area contributed by atoms with Crippen LogP contribution >= 0.6 is 0 Å². The van der Waals surface area contributed by atoms with Crippen molar-refractivity contribution in [3.63, 3.8) is 0 Å². The van der Waals surface area contributed by atoms with Crippen molar-refractivity contribution < 1.29 is 24.1 Å². The van der Waals surface area contributed by atoms with Crippen LogP contribution in [0.25, 0.3) is 0 Å². The first-order valence-electron chi connectivity index (χ1n) is 6.72. The van der Waals surface area contributed by atoms with E-state index < -0.39 is 23.1 Å². The SMILES string of the molecule is CC(C)(C)OOC(=O)c1ccccc1C(=O)OC(C)(C)C. The number of benzene rings is 1. The summed E-state index contributed by atoms with van der Waals surface area (Å²) >= 11 is 0. The minimum Gasteiger partial charge on any atom is -0.456 e. The molecule has 1 aromatic carbocycles. The molecule has 0 aliphatic rings. The molecule has 1 aromatic rings. The largest absolute Gasteiger partial charge is 0.456 e. The van der Waals surface area contributed by atoms with E-state index >= 15 is 0 Å². The molecular weight excluding hydrogens is 272 g/mol. The molecule has 0 fully saturated rings. The number of hydrogen-bond acceptors (Lipinski definition) is 5. The van der Waals surface area contributed by atoms with Gasteiger partial charge in [0.1, 0.15) is 11.2 Å². The van der Waals surface area contributed by atoms with Crippen LogP contribution in [0.3, 0.4) is 0 Å². The van der Waals surface area contributed by atoms with Gasteiger partial charge in [-0.25, -0.2) is 9.59 Å². The molecule has 21 heavy (non-hydrogen) atoms. The molecule has 0 aromatic heterocycles. The van der Waals surface area contributed by atoms with Gasteiger partial charge in [0.2, 0.25) is 0 Å². The third-order valence-corrected chi connectivity index (χ3v) is 2.13. The van der Waals surface area contributed by atoms with Crippen molar-refractivity contribution in [1.29, 1.82) is 0 Å². The summed E-state index contributed by atoms with van der Waals surface area (Å²) in [4.78, 5) is 33.9. The summed E-state index contributed by atoms with van der Waals surface area (Å²) < 4.78 is 5.27. The van der Waals surface area contributed by atoms with E-state index in [1.165, 1.54) is 12.1 Å². The zero-order valence-corrected chi connectivity index (χ0v) is 13.4. The van der Waals surface area contributed by atoms with E-state index in [1.807, 2.05) is 0 Å². The Labute approximate surface area is 125 Å². The molecule has 116 valence electrons. The average Bonchev–Trinajstić information content (AvgIpc) is 2.33. The molecular formula is C16H22O5. The van der Waals surface area contributed by atoms with Gasteiger partial charge in [-0.15, -0.1) is 0 Å². The maximum Gasteiger partial charge on any atom is 0.373 e. The summed E-state index contributed by atoms with van der Waals surface area (Å²) in [6.45, 7) is 10.5. The van der Waals surface area contributed by atoms with E-state index in [-0.39, 0.29) is 11.1 Å². The summed E-state index contributed by atoms with van der Waals surface area (Å²) in [5.41, 5.74) is -1.02. The van der Waals surface area contributed by atoms with Crippen LogP contribution in [0.15, 0.2) is 24.3 Å². The van der Waals surface area contributed by atoms with Crippen molar-refractivity contribution in [3.05, 3.63) is 35.4 Å². The Morgan fingerprint density at radius 3 is 1.71 bits per heavy atom. The number of hydrogen-bond donors (Lipinski definition) is 0. The fourth-order valence-corrected chi connectivity index (χ4v) is 1.38. The molecule has 0 unspecified atom stereocenters. The zero-order chi connectivity index (χ0) is 16.3. The molecule has 0 heterocycles. The van der Waals surface area contributed by atoms with Crippen LogP contribution in [0, 0.1) is 0 Å². The Bertz CT molecular complexity index is 520. The smallest absolute Gasteiger partial charge is 0.373 e.